The molecule has 8 nitrogen and oxygen atoms in total. The van der Waals surface area contributed by atoms with Crippen LogP contribution in [-0.2, 0) is 46.3 Å². The molecule has 2 heterocycles. The topological polar surface area (TPSA) is 95.6 Å². The first-order valence-electron chi connectivity index (χ1n) is 19.3. The number of aromatic amines is 1. The van der Waals surface area contributed by atoms with Crippen molar-refractivity contribution in [2.45, 2.75) is 96.6 Å². The predicted molar refractivity (Wildman–Crippen MR) is 212 cm³/mol. The molecule has 1 saturated heterocycles. The van der Waals surface area contributed by atoms with Gasteiger partial charge in [-0.2, -0.15) is 18.2 Å². The highest BCUT2D eigenvalue weighted by atomic mass is 19.4. The number of ether oxygens (including phenoxy) is 1. The van der Waals surface area contributed by atoms with Crippen molar-refractivity contribution in [2.75, 3.05) is 13.1 Å². The van der Waals surface area contributed by atoms with Crippen molar-refractivity contribution in [1.29, 1.82) is 0 Å². The minimum Gasteiger partial charge on any atom is -0.459 e. The number of aromatic nitrogens is 2. The van der Waals surface area contributed by atoms with Crippen LogP contribution in [0.1, 0.15) is 75.5 Å². The Hall–Kier alpha value is -5.43. The Morgan fingerprint density at radius 2 is 1.43 bits per heavy atom. The number of carbonyl (C=O) groups excluding carboxylic acids is 2. The van der Waals surface area contributed by atoms with Crippen LogP contribution >= 0.6 is 0 Å². The molecule has 0 unspecified atom stereocenters. The van der Waals surface area contributed by atoms with Crippen LogP contribution < -0.4 is 5.56 Å². The van der Waals surface area contributed by atoms with Gasteiger partial charge in [-0.15, -0.1) is 0 Å². The van der Waals surface area contributed by atoms with Crippen molar-refractivity contribution in [2.24, 2.45) is 0 Å². The summed E-state index contributed by atoms with van der Waals surface area (Å²) in [6.45, 7) is 10.4. The SMILES string of the molecule is CC(C)(C)OC(=O)C(C)(C)N1CCC(N(Cc2ccc(-c3ccc(C(F)(F)F)cc3)cc2)C(=O)Cc2cccc3[nH]c(CCc4cccc(F)c4F)nc(=O)c23)CC1. The number of fused-ring (bicyclic) bond motifs is 1. The van der Waals surface area contributed by atoms with Gasteiger partial charge < -0.3 is 14.6 Å². The third-order valence-corrected chi connectivity index (χ3v) is 10.7. The highest BCUT2D eigenvalue weighted by Gasteiger charge is 2.41. The van der Waals surface area contributed by atoms with Crippen molar-refractivity contribution in [1.82, 2.24) is 19.8 Å². The first-order chi connectivity index (χ1) is 27.3. The number of hydrogen-bond acceptors (Lipinski definition) is 6. The number of hydrogen-bond donors (Lipinski definition) is 1. The van der Waals surface area contributed by atoms with E-state index in [4.69, 9.17) is 4.74 Å². The fourth-order valence-corrected chi connectivity index (χ4v) is 7.38. The van der Waals surface area contributed by atoms with Crippen molar-refractivity contribution >= 4 is 22.8 Å². The van der Waals surface area contributed by atoms with Crippen molar-refractivity contribution in [3.63, 3.8) is 0 Å². The maximum atomic E-state index is 14.4. The highest BCUT2D eigenvalue weighted by Crippen LogP contribution is 2.32. The minimum absolute atomic E-state index is 0.108. The lowest BCUT2D eigenvalue weighted by molar-refractivity contribution is -0.169. The van der Waals surface area contributed by atoms with E-state index in [1.165, 1.54) is 24.3 Å². The lowest BCUT2D eigenvalue weighted by atomic mass is 9.94. The summed E-state index contributed by atoms with van der Waals surface area (Å²) >= 11 is 0. The van der Waals surface area contributed by atoms with Crippen LogP contribution in [0.15, 0.2) is 89.7 Å². The highest BCUT2D eigenvalue weighted by molar-refractivity contribution is 5.88. The van der Waals surface area contributed by atoms with Gasteiger partial charge in [0.05, 0.1) is 22.9 Å². The van der Waals surface area contributed by atoms with Gasteiger partial charge in [-0.1, -0.05) is 60.7 Å². The second-order valence-electron chi connectivity index (χ2n) is 16.3. The first-order valence-corrected chi connectivity index (χ1v) is 19.3. The van der Waals surface area contributed by atoms with Gasteiger partial charge in [-0.3, -0.25) is 19.3 Å². The van der Waals surface area contributed by atoms with Crippen LogP contribution in [0.25, 0.3) is 22.0 Å². The number of amides is 1. The number of aryl methyl sites for hydroxylation is 2. The van der Waals surface area contributed by atoms with Crippen LogP contribution in [0.5, 0.6) is 0 Å². The molecule has 0 atom stereocenters. The summed E-state index contributed by atoms with van der Waals surface area (Å²) in [6, 6.07) is 21.1. The third kappa shape index (κ3) is 9.81. The Bertz CT molecular complexity index is 2330. The summed E-state index contributed by atoms with van der Waals surface area (Å²) in [5.41, 5.74) is 0.409. The van der Waals surface area contributed by atoms with Gasteiger partial charge >= 0.3 is 12.1 Å². The summed E-state index contributed by atoms with van der Waals surface area (Å²) in [4.78, 5) is 52.3. The van der Waals surface area contributed by atoms with Gasteiger partial charge in [0.2, 0.25) is 5.91 Å². The van der Waals surface area contributed by atoms with E-state index in [0.29, 0.717) is 48.4 Å². The summed E-state index contributed by atoms with van der Waals surface area (Å²) < 4.78 is 73.2. The molecule has 4 aromatic carbocycles. The molecule has 0 saturated carbocycles. The third-order valence-electron chi connectivity index (χ3n) is 10.7. The molecule has 6 rings (SSSR count). The van der Waals surface area contributed by atoms with Crippen LogP contribution in [0, 0.1) is 11.6 Å². The molecule has 0 spiro atoms. The van der Waals surface area contributed by atoms with Gasteiger partial charge in [-0.05, 0) is 106 Å². The normalized spacial score (nSPS) is 14.4. The molecule has 0 bridgehead atoms. The average Bonchev–Trinajstić information content (AvgIpc) is 3.17. The number of alkyl halides is 3. The molecule has 1 aliphatic heterocycles. The molecule has 13 heteroatoms. The molecule has 1 aliphatic rings. The van der Waals surface area contributed by atoms with Gasteiger partial charge in [0.25, 0.3) is 5.56 Å². The van der Waals surface area contributed by atoms with E-state index in [2.05, 4.69) is 14.9 Å². The molecular formula is C45H47F5N4O4. The largest absolute Gasteiger partial charge is 0.459 e. The van der Waals surface area contributed by atoms with E-state index in [9.17, 15) is 36.3 Å². The fourth-order valence-electron chi connectivity index (χ4n) is 7.38. The van der Waals surface area contributed by atoms with E-state index >= 15 is 0 Å². The lowest BCUT2D eigenvalue weighted by Crippen LogP contribution is -2.57. The second kappa shape index (κ2) is 16.8. The lowest BCUT2D eigenvalue weighted by Gasteiger charge is -2.44. The Labute approximate surface area is 334 Å². The van der Waals surface area contributed by atoms with Gasteiger partial charge in [0.15, 0.2) is 11.6 Å². The van der Waals surface area contributed by atoms with Crippen LogP contribution in [-0.4, -0.2) is 61.9 Å². The van der Waals surface area contributed by atoms with E-state index in [1.807, 2.05) is 58.9 Å². The number of nitrogens with zero attached hydrogens (tertiary/aromatic N) is 3. The maximum absolute atomic E-state index is 14.4. The molecule has 1 fully saturated rings. The van der Waals surface area contributed by atoms with Crippen LogP contribution in [0.4, 0.5) is 22.0 Å². The fraction of sp³-hybridized carbons (Fsp3) is 0.378. The first kappa shape index (κ1) is 42.2. The van der Waals surface area contributed by atoms with E-state index in [1.54, 1.807) is 23.1 Å². The number of nitrogens with one attached hydrogen (secondary N) is 1. The number of halogens is 5. The zero-order valence-electron chi connectivity index (χ0n) is 33.2. The minimum atomic E-state index is -4.44. The number of carbonyl (C=O) groups is 2. The Kier molecular flexibility index (Phi) is 12.2. The summed E-state index contributed by atoms with van der Waals surface area (Å²) in [6.07, 6.45) is -3.15. The molecule has 0 aliphatic carbocycles. The molecule has 5 aromatic rings. The van der Waals surface area contributed by atoms with E-state index in [0.717, 1.165) is 29.3 Å². The monoisotopic (exact) mass is 802 g/mol. The maximum Gasteiger partial charge on any atom is 0.416 e. The molecule has 58 heavy (non-hydrogen) atoms. The number of likely N-dealkylation sites (tertiary alicyclic amines) is 1. The average molecular weight is 803 g/mol. The molecule has 1 aromatic heterocycles. The Balaban J connectivity index is 1.24. The Morgan fingerprint density at radius 1 is 0.828 bits per heavy atom. The van der Waals surface area contributed by atoms with Gasteiger partial charge in [0.1, 0.15) is 17.0 Å². The summed E-state index contributed by atoms with van der Waals surface area (Å²) in [5, 5.41) is 0.256. The van der Waals surface area contributed by atoms with E-state index < -0.39 is 40.1 Å². The summed E-state index contributed by atoms with van der Waals surface area (Å²) in [5.74, 6) is -2.16. The number of rotatable bonds is 11. The number of benzene rings is 4. The Morgan fingerprint density at radius 3 is 2.05 bits per heavy atom. The molecule has 1 N–H and O–H groups in total. The van der Waals surface area contributed by atoms with Crippen molar-refractivity contribution in [3.8, 4) is 11.1 Å². The van der Waals surface area contributed by atoms with Crippen molar-refractivity contribution in [3.05, 3.63) is 135 Å². The van der Waals surface area contributed by atoms with Crippen molar-refractivity contribution < 1.29 is 36.3 Å². The molecule has 0 radical (unpaired) electrons. The molecule has 306 valence electrons. The summed E-state index contributed by atoms with van der Waals surface area (Å²) in [7, 11) is 0. The van der Waals surface area contributed by atoms with Crippen LogP contribution in [0.3, 0.4) is 0 Å². The smallest absolute Gasteiger partial charge is 0.416 e. The predicted octanol–water partition coefficient (Wildman–Crippen LogP) is 8.83. The zero-order chi connectivity index (χ0) is 42.0. The number of H-pyrrole nitrogens is 1. The quantitative estimate of drug-likeness (QED) is 0.106. The second-order valence-corrected chi connectivity index (χ2v) is 16.3. The number of piperidine rings is 1. The zero-order valence-corrected chi connectivity index (χ0v) is 33.2. The van der Waals surface area contributed by atoms with Crippen LogP contribution in [0.2, 0.25) is 0 Å². The molecule has 1 amide bonds. The van der Waals surface area contributed by atoms with Gasteiger partial charge in [-0.25, -0.2) is 8.78 Å². The standard InChI is InChI=1S/C45H47F5N4O4/c1-43(2,3)58-42(57)44(4,5)53-24-22-34(23-25-53)54(27-28-12-14-29(15-13-28)30-16-19-33(20-17-30)45(48,49)50)38(55)26-32-9-7-11-36-39(32)41(56)52-37(51-36)21-18-31-8-6-10-35(46)40(31)47/h6-17,19-20,34H,18,21-27H2,1-5H3,(H,51,52,56). The molecular weight excluding hydrogens is 756 g/mol. The van der Waals surface area contributed by atoms with Gasteiger partial charge in [0, 0.05) is 32.1 Å². The van der Waals surface area contributed by atoms with E-state index in [-0.39, 0.29) is 54.7 Å². The number of esters is 1.